The van der Waals surface area contributed by atoms with Gasteiger partial charge < -0.3 is 19.1 Å². The summed E-state index contributed by atoms with van der Waals surface area (Å²) in [7, 11) is 1.63. The van der Waals surface area contributed by atoms with E-state index >= 15 is 0 Å². The molecule has 126 valence electrons. The van der Waals surface area contributed by atoms with Crippen LogP contribution < -0.4 is 4.74 Å². The number of para-hydroxylation sites is 1. The van der Waals surface area contributed by atoms with E-state index in [4.69, 9.17) is 9.47 Å². The normalized spacial score (nSPS) is 12.6. The molecular weight excluding hydrogens is 314 g/mol. The zero-order chi connectivity index (χ0) is 16.7. The summed E-state index contributed by atoms with van der Waals surface area (Å²) in [6.45, 7) is 4.81. The van der Waals surface area contributed by atoms with Gasteiger partial charge in [-0.25, -0.2) is 0 Å². The Morgan fingerprint density at radius 2 is 2.09 bits per heavy atom. The van der Waals surface area contributed by atoms with Crippen LogP contribution in [0.1, 0.15) is 25.5 Å². The SMILES string of the molecule is COc1ccccc1COCC(O)CSc1nncn1C(C)C. The number of aliphatic hydroxyl groups excluding tert-OH is 1. The van der Waals surface area contributed by atoms with Gasteiger partial charge in [-0.15, -0.1) is 10.2 Å². The van der Waals surface area contributed by atoms with Crippen LogP contribution in [0.3, 0.4) is 0 Å². The van der Waals surface area contributed by atoms with Gasteiger partial charge in [0.15, 0.2) is 5.16 Å². The predicted molar refractivity (Wildman–Crippen MR) is 89.8 cm³/mol. The Labute approximate surface area is 140 Å². The largest absolute Gasteiger partial charge is 0.496 e. The van der Waals surface area contributed by atoms with Crippen LogP contribution in [-0.2, 0) is 11.3 Å². The van der Waals surface area contributed by atoms with Crippen LogP contribution in [0.25, 0.3) is 0 Å². The molecule has 2 rings (SSSR count). The van der Waals surface area contributed by atoms with E-state index in [2.05, 4.69) is 24.0 Å². The zero-order valence-electron chi connectivity index (χ0n) is 13.7. The third-order valence-electron chi connectivity index (χ3n) is 3.26. The Balaban J connectivity index is 1.75. The Hall–Kier alpha value is -1.57. The summed E-state index contributed by atoms with van der Waals surface area (Å²) in [5.41, 5.74) is 0.967. The van der Waals surface area contributed by atoms with Gasteiger partial charge in [-0.3, -0.25) is 0 Å². The Bertz CT molecular complexity index is 604. The number of aliphatic hydroxyl groups is 1. The molecule has 0 aliphatic carbocycles. The summed E-state index contributed by atoms with van der Waals surface area (Å²) in [6, 6.07) is 7.99. The lowest BCUT2D eigenvalue weighted by molar-refractivity contribution is 0.0390. The third kappa shape index (κ3) is 5.23. The van der Waals surface area contributed by atoms with E-state index in [1.54, 1.807) is 13.4 Å². The molecule has 0 amide bonds. The first-order valence-corrected chi connectivity index (χ1v) is 8.50. The molecule has 6 nitrogen and oxygen atoms in total. The van der Waals surface area contributed by atoms with E-state index in [1.807, 2.05) is 28.8 Å². The number of thioether (sulfide) groups is 1. The molecule has 0 saturated heterocycles. The minimum absolute atomic E-state index is 0.265. The quantitative estimate of drug-likeness (QED) is 0.709. The summed E-state index contributed by atoms with van der Waals surface area (Å²) in [5, 5.41) is 18.8. The molecule has 7 heteroatoms. The average molecular weight is 337 g/mol. The highest BCUT2D eigenvalue weighted by atomic mass is 32.2. The van der Waals surface area contributed by atoms with Gasteiger partial charge in [-0.2, -0.15) is 0 Å². The van der Waals surface area contributed by atoms with Crippen molar-refractivity contribution in [3.63, 3.8) is 0 Å². The molecule has 1 unspecified atom stereocenters. The first-order chi connectivity index (χ1) is 11.1. The van der Waals surface area contributed by atoms with Crippen molar-refractivity contribution in [2.24, 2.45) is 0 Å². The topological polar surface area (TPSA) is 69.4 Å². The maximum atomic E-state index is 10.0. The molecule has 1 N–H and O–H groups in total. The molecule has 23 heavy (non-hydrogen) atoms. The van der Waals surface area contributed by atoms with Gasteiger partial charge in [0.05, 0.1) is 26.4 Å². The number of nitrogens with zero attached hydrogens (tertiary/aromatic N) is 3. The summed E-state index contributed by atoms with van der Waals surface area (Å²) < 4.78 is 12.8. The van der Waals surface area contributed by atoms with Crippen LogP contribution in [0.4, 0.5) is 0 Å². The number of ether oxygens (including phenoxy) is 2. The monoisotopic (exact) mass is 337 g/mol. The smallest absolute Gasteiger partial charge is 0.191 e. The number of aromatic nitrogens is 3. The highest BCUT2D eigenvalue weighted by Gasteiger charge is 2.12. The number of hydrogen-bond donors (Lipinski definition) is 1. The van der Waals surface area contributed by atoms with Gasteiger partial charge in [0.2, 0.25) is 0 Å². The fraction of sp³-hybridized carbons (Fsp3) is 0.500. The van der Waals surface area contributed by atoms with Crippen molar-refractivity contribution in [3.8, 4) is 5.75 Å². The second kappa shape index (κ2) is 8.90. The van der Waals surface area contributed by atoms with E-state index in [0.717, 1.165) is 16.5 Å². The first-order valence-electron chi connectivity index (χ1n) is 7.51. The van der Waals surface area contributed by atoms with Gasteiger partial charge in [0.1, 0.15) is 12.1 Å². The molecular formula is C16H23N3O3S. The maximum Gasteiger partial charge on any atom is 0.191 e. The summed E-state index contributed by atoms with van der Waals surface area (Å²) in [4.78, 5) is 0. The molecule has 0 aliphatic rings. The van der Waals surface area contributed by atoms with Crippen molar-refractivity contribution >= 4 is 11.8 Å². The van der Waals surface area contributed by atoms with Crippen LogP contribution >= 0.6 is 11.8 Å². The molecule has 1 heterocycles. The minimum atomic E-state index is -0.563. The van der Waals surface area contributed by atoms with Gasteiger partial charge in [0, 0.05) is 17.4 Å². The van der Waals surface area contributed by atoms with E-state index in [9.17, 15) is 5.11 Å². The minimum Gasteiger partial charge on any atom is -0.496 e. The molecule has 0 aliphatic heterocycles. The second-order valence-electron chi connectivity index (χ2n) is 5.41. The fourth-order valence-corrected chi connectivity index (χ4v) is 2.99. The molecule has 0 saturated carbocycles. The summed E-state index contributed by atoms with van der Waals surface area (Å²) in [6.07, 6.45) is 1.14. The van der Waals surface area contributed by atoms with E-state index in [1.165, 1.54) is 11.8 Å². The predicted octanol–water partition coefficient (Wildman–Crippen LogP) is 2.54. The van der Waals surface area contributed by atoms with E-state index in [-0.39, 0.29) is 6.61 Å². The highest BCUT2D eigenvalue weighted by Crippen LogP contribution is 2.20. The van der Waals surface area contributed by atoms with Crippen LogP contribution in [0, 0.1) is 0 Å². The molecule has 0 bridgehead atoms. The second-order valence-corrected chi connectivity index (χ2v) is 6.39. The van der Waals surface area contributed by atoms with Gasteiger partial charge in [-0.1, -0.05) is 30.0 Å². The van der Waals surface area contributed by atoms with Gasteiger partial charge >= 0.3 is 0 Å². The van der Waals surface area contributed by atoms with Gasteiger partial charge in [-0.05, 0) is 19.9 Å². The number of benzene rings is 1. The van der Waals surface area contributed by atoms with E-state index < -0.39 is 6.10 Å². The van der Waals surface area contributed by atoms with Crippen molar-refractivity contribution < 1.29 is 14.6 Å². The Kier molecular flexibility index (Phi) is 6.88. The molecule has 2 aromatic rings. The van der Waals surface area contributed by atoms with Crippen LogP contribution in [0.2, 0.25) is 0 Å². The lowest BCUT2D eigenvalue weighted by Crippen LogP contribution is -2.18. The molecule has 0 fully saturated rings. The molecule has 1 aromatic heterocycles. The van der Waals surface area contributed by atoms with Crippen molar-refractivity contribution in [1.29, 1.82) is 0 Å². The summed E-state index contributed by atoms with van der Waals surface area (Å²) >= 11 is 1.48. The molecule has 0 radical (unpaired) electrons. The van der Waals surface area contributed by atoms with Crippen molar-refractivity contribution in [2.45, 2.75) is 37.8 Å². The lowest BCUT2D eigenvalue weighted by atomic mass is 10.2. The molecule has 1 aromatic carbocycles. The van der Waals surface area contributed by atoms with Crippen LogP contribution in [0.15, 0.2) is 35.7 Å². The lowest BCUT2D eigenvalue weighted by Gasteiger charge is -2.13. The van der Waals surface area contributed by atoms with E-state index in [0.29, 0.717) is 18.4 Å². The van der Waals surface area contributed by atoms with Crippen LogP contribution in [-0.4, -0.2) is 45.4 Å². The van der Waals surface area contributed by atoms with Crippen molar-refractivity contribution in [3.05, 3.63) is 36.2 Å². The average Bonchev–Trinajstić information content (AvgIpc) is 3.02. The van der Waals surface area contributed by atoms with Crippen molar-refractivity contribution in [2.75, 3.05) is 19.5 Å². The number of hydrogen-bond acceptors (Lipinski definition) is 6. The fourth-order valence-electron chi connectivity index (χ4n) is 2.04. The van der Waals surface area contributed by atoms with Crippen LogP contribution in [0.5, 0.6) is 5.75 Å². The zero-order valence-corrected chi connectivity index (χ0v) is 14.5. The number of rotatable bonds is 9. The molecule has 0 spiro atoms. The van der Waals surface area contributed by atoms with Crippen molar-refractivity contribution in [1.82, 2.24) is 14.8 Å². The Morgan fingerprint density at radius 3 is 2.83 bits per heavy atom. The Morgan fingerprint density at radius 1 is 1.30 bits per heavy atom. The summed E-state index contributed by atoms with van der Waals surface area (Å²) in [5.74, 6) is 1.30. The third-order valence-corrected chi connectivity index (χ3v) is 4.36. The highest BCUT2D eigenvalue weighted by molar-refractivity contribution is 7.99. The number of methoxy groups -OCH3 is 1. The van der Waals surface area contributed by atoms with Gasteiger partial charge in [0.25, 0.3) is 0 Å². The first kappa shape index (κ1) is 17.8. The standard InChI is InChI=1S/C16H23N3O3S/c1-12(2)19-11-17-18-16(19)23-10-14(20)9-22-8-13-6-4-5-7-15(13)21-3/h4-7,11-12,14,20H,8-10H2,1-3H3. The maximum absolute atomic E-state index is 10.0. The molecule has 1 atom stereocenters.